The first kappa shape index (κ1) is 15.7. The SMILES string of the molecule is O=S(=O)(/C=C/c1ccccc1)N[C@@H]1CCN(c2ccccn2)C1. The number of hydrogen-bond donors (Lipinski definition) is 1. The minimum atomic E-state index is -3.45. The van der Waals surface area contributed by atoms with Crippen LogP contribution >= 0.6 is 0 Å². The molecule has 0 aliphatic carbocycles. The Morgan fingerprint density at radius 3 is 2.65 bits per heavy atom. The molecule has 0 saturated carbocycles. The predicted octanol–water partition coefficient (Wildman–Crippen LogP) is 2.25. The predicted molar refractivity (Wildman–Crippen MR) is 92.4 cm³/mol. The molecule has 2 heterocycles. The van der Waals surface area contributed by atoms with Gasteiger partial charge >= 0.3 is 0 Å². The molecule has 5 nitrogen and oxygen atoms in total. The summed E-state index contributed by atoms with van der Waals surface area (Å²) in [6.45, 7) is 1.43. The maximum atomic E-state index is 12.2. The van der Waals surface area contributed by atoms with Gasteiger partial charge in [0.05, 0.1) is 0 Å². The van der Waals surface area contributed by atoms with Crippen LogP contribution in [0.15, 0.2) is 60.1 Å². The van der Waals surface area contributed by atoms with Gasteiger partial charge < -0.3 is 4.90 Å². The van der Waals surface area contributed by atoms with Gasteiger partial charge in [-0.1, -0.05) is 36.4 Å². The molecule has 0 spiro atoms. The lowest BCUT2D eigenvalue weighted by molar-refractivity contribution is 0.570. The molecule has 1 aromatic carbocycles. The van der Waals surface area contributed by atoms with Crippen LogP contribution in [0.1, 0.15) is 12.0 Å². The molecule has 0 unspecified atom stereocenters. The van der Waals surface area contributed by atoms with Crippen molar-refractivity contribution >= 4 is 21.9 Å². The standard InChI is InChI=1S/C17H19N3O2S/c21-23(22,13-10-15-6-2-1-3-7-15)19-16-9-12-20(14-16)17-8-4-5-11-18-17/h1-8,10-11,13,16,19H,9,12,14H2/b13-10+/t16-/m1/s1. The number of pyridine rings is 1. The molecule has 1 aliphatic rings. The van der Waals surface area contributed by atoms with Crippen molar-refractivity contribution in [2.75, 3.05) is 18.0 Å². The lowest BCUT2D eigenvalue weighted by Crippen LogP contribution is -2.36. The van der Waals surface area contributed by atoms with E-state index in [-0.39, 0.29) is 6.04 Å². The average Bonchev–Trinajstić information content (AvgIpc) is 3.03. The van der Waals surface area contributed by atoms with Crippen molar-refractivity contribution in [1.82, 2.24) is 9.71 Å². The zero-order valence-corrected chi connectivity index (χ0v) is 13.5. The lowest BCUT2D eigenvalue weighted by Gasteiger charge is -2.17. The van der Waals surface area contributed by atoms with Crippen molar-refractivity contribution < 1.29 is 8.42 Å². The van der Waals surface area contributed by atoms with E-state index in [9.17, 15) is 8.42 Å². The number of aromatic nitrogens is 1. The second-order valence-electron chi connectivity index (χ2n) is 5.50. The zero-order chi connectivity index (χ0) is 16.1. The Morgan fingerprint density at radius 1 is 1.13 bits per heavy atom. The Kier molecular flexibility index (Phi) is 4.73. The van der Waals surface area contributed by atoms with Crippen molar-refractivity contribution in [2.45, 2.75) is 12.5 Å². The van der Waals surface area contributed by atoms with Crippen LogP contribution in [0.2, 0.25) is 0 Å². The van der Waals surface area contributed by atoms with E-state index in [0.29, 0.717) is 6.54 Å². The summed E-state index contributed by atoms with van der Waals surface area (Å²) in [5.74, 6) is 0.883. The fraction of sp³-hybridized carbons (Fsp3) is 0.235. The Labute approximate surface area is 136 Å². The van der Waals surface area contributed by atoms with E-state index >= 15 is 0 Å². The number of nitrogens with one attached hydrogen (secondary N) is 1. The normalized spacial score (nSPS) is 18.6. The van der Waals surface area contributed by atoms with Crippen LogP contribution in [0.5, 0.6) is 0 Å². The first-order valence-electron chi connectivity index (χ1n) is 7.54. The summed E-state index contributed by atoms with van der Waals surface area (Å²) in [4.78, 5) is 6.39. The fourth-order valence-corrected chi connectivity index (χ4v) is 3.68. The van der Waals surface area contributed by atoms with Crippen LogP contribution in [-0.4, -0.2) is 32.5 Å². The molecule has 120 valence electrons. The van der Waals surface area contributed by atoms with Crippen molar-refractivity contribution in [3.63, 3.8) is 0 Å². The molecule has 1 fully saturated rings. The van der Waals surface area contributed by atoms with E-state index in [0.717, 1.165) is 24.3 Å². The van der Waals surface area contributed by atoms with E-state index < -0.39 is 10.0 Å². The van der Waals surface area contributed by atoms with Gasteiger partial charge in [-0.05, 0) is 30.2 Å². The Morgan fingerprint density at radius 2 is 1.91 bits per heavy atom. The van der Waals surface area contributed by atoms with Crippen LogP contribution in [0.4, 0.5) is 5.82 Å². The smallest absolute Gasteiger partial charge is 0.234 e. The van der Waals surface area contributed by atoms with E-state index in [1.807, 2.05) is 48.5 Å². The summed E-state index contributed by atoms with van der Waals surface area (Å²) in [6, 6.07) is 15.0. The molecule has 1 atom stereocenters. The minimum Gasteiger partial charge on any atom is -0.355 e. The molecule has 1 N–H and O–H groups in total. The highest BCUT2D eigenvalue weighted by atomic mass is 32.2. The van der Waals surface area contributed by atoms with Crippen molar-refractivity contribution in [1.29, 1.82) is 0 Å². The van der Waals surface area contributed by atoms with Gasteiger partial charge in [-0.2, -0.15) is 0 Å². The second-order valence-corrected chi connectivity index (χ2v) is 7.09. The van der Waals surface area contributed by atoms with Crippen LogP contribution in [0.3, 0.4) is 0 Å². The molecule has 1 saturated heterocycles. The van der Waals surface area contributed by atoms with Crippen LogP contribution < -0.4 is 9.62 Å². The molecular weight excluding hydrogens is 310 g/mol. The molecule has 23 heavy (non-hydrogen) atoms. The van der Waals surface area contributed by atoms with E-state index in [1.54, 1.807) is 12.3 Å². The third-order valence-electron chi connectivity index (χ3n) is 3.73. The monoisotopic (exact) mass is 329 g/mol. The van der Waals surface area contributed by atoms with Crippen molar-refractivity contribution in [3.8, 4) is 0 Å². The summed E-state index contributed by atoms with van der Waals surface area (Å²) in [7, 11) is -3.45. The number of anilines is 1. The minimum absolute atomic E-state index is 0.0950. The van der Waals surface area contributed by atoms with Gasteiger partial charge in [0.1, 0.15) is 5.82 Å². The summed E-state index contributed by atoms with van der Waals surface area (Å²) >= 11 is 0. The maximum absolute atomic E-state index is 12.2. The van der Waals surface area contributed by atoms with Gasteiger partial charge in [-0.15, -0.1) is 0 Å². The van der Waals surface area contributed by atoms with E-state index in [2.05, 4.69) is 14.6 Å². The number of nitrogens with zero attached hydrogens (tertiary/aromatic N) is 2. The quantitative estimate of drug-likeness (QED) is 0.914. The number of hydrogen-bond acceptors (Lipinski definition) is 4. The Bertz CT molecular complexity index is 761. The van der Waals surface area contributed by atoms with E-state index in [1.165, 1.54) is 5.41 Å². The van der Waals surface area contributed by atoms with Crippen LogP contribution in [0.25, 0.3) is 6.08 Å². The number of benzene rings is 1. The molecule has 0 amide bonds. The molecular formula is C17H19N3O2S. The summed E-state index contributed by atoms with van der Waals surface area (Å²) in [5, 5.41) is 1.23. The summed E-state index contributed by atoms with van der Waals surface area (Å²) in [6.07, 6.45) is 4.12. The molecule has 0 radical (unpaired) electrons. The largest absolute Gasteiger partial charge is 0.355 e. The number of rotatable bonds is 5. The molecule has 2 aromatic rings. The molecule has 1 aromatic heterocycles. The highest BCUT2D eigenvalue weighted by Crippen LogP contribution is 2.18. The molecule has 3 rings (SSSR count). The zero-order valence-electron chi connectivity index (χ0n) is 12.7. The molecule has 0 bridgehead atoms. The number of sulfonamides is 1. The van der Waals surface area contributed by atoms with Gasteiger partial charge in [0.25, 0.3) is 0 Å². The van der Waals surface area contributed by atoms with Crippen molar-refractivity contribution in [3.05, 3.63) is 65.7 Å². The van der Waals surface area contributed by atoms with Gasteiger partial charge in [0, 0.05) is 30.7 Å². The first-order valence-corrected chi connectivity index (χ1v) is 9.08. The highest BCUT2D eigenvalue weighted by Gasteiger charge is 2.26. The average molecular weight is 329 g/mol. The topological polar surface area (TPSA) is 62.3 Å². The van der Waals surface area contributed by atoms with Gasteiger partial charge in [0.15, 0.2) is 0 Å². The van der Waals surface area contributed by atoms with Gasteiger partial charge in [-0.25, -0.2) is 18.1 Å². The summed E-state index contributed by atoms with van der Waals surface area (Å²) in [5.41, 5.74) is 0.861. The third kappa shape index (κ3) is 4.40. The van der Waals surface area contributed by atoms with E-state index in [4.69, 9.17) is 0 Å². The van der Waals surface area contributed by atoms with Gasteiger partial charge in [-0.3, -0.25) is 0 Å². The third-order valence-corrected chi connectivity index (χ3v) is 4.89. The Balaban J connectivity index is 1.60. The maximum Gasteiger partial charge on any atom is 0.234 e. The summed E-state index contributed by atoms with van der Waals surface area (Å²) < 4.78 is 27.1. The first-order chi connectivity index (χ1) is 11.1. The van der Waals surface area contributed by atoms with Crippen molar-refractivity contribution in [2.24, 2.45) is 0 Å². The Hall–Kier alpha value is -2.18. The fourth-order valence-electron chi connectivity index (χ4n) is 2.61. The van der Waals surface area contributed by atoms with Crippen LogP contribution in [0, 0.1) is 0 Å². The van der Waals surface area contributed by atoms with Gasteiger partial charge in [0.2, 0.25) is 10.0 Å². The molecule has 1 aliphatic heterocycles. The molecule has 6 heteroatoms. The highest BCUT2D eigenvalue weighted by molar-refractivity contribution is 7.92. The lowest BCUT2D eigenvalue weighted by atomic mass is 10.2. The van der Waals surface area contributed by atoms with Crippen LogP contribution in [-0.2, 0) is 10.0 Å². The second kappa shape index (κ2) is 6.93.